The molecule has 244 valence electrons. The van der Waals surface area contributed by atoms with E-state index in [0.717, 1.165) is 39.3 Å². The molecule has 0 heterocycles. The van der Waals surface area contributed by atoms with Crippen molar-refractivity contribution in [2.24, 2.45) is 0 Å². The molecule has 47 heavy (non-hydrogen) atoms. The number of aryl methyl sites for hydroxylation is 1. The van der Waals surface area contributed by atoms with Crippen molar-refractivity contribution in [2.45, 2.75) is 65.9 Å². The molecule has 0 spiro atoms. The average Bonchev–Trinajstić information content (AvgIpc) is 3.03. The topological polar surface area (TPSA) is 79.2 Å². The number of aromatic hydroxyl groups is 1. The highest BCUT2D eigenvalue weighted by Gasteiger charge is 2.25. The molecular formula is C41H45NO5. The number of carbonyl (C=O) groups is 1. The van der Waals surface area contributed by atoms with Crippen LogP contribution < -0.4 is 14.4 Å². The van der Waals surface area contributed by atoms with Gasteiger partial charge in [-0.05, 0) is 116 Å². The van der Waals surface area contributed by atoms with Gasteiger partial charge in [0.15, 0.2) is 0 Å². The molecule has 2 N–H and O–H groups in total. The van der Waals surface area contributed by atoms with Crippen LogP contribution in [0, 0.1) is 6.92 Å². The number of aliphatic hydroxyl groups is 1. The van der Waals surface area contributed by atoms with Crippen LogP contribution in [0.2, 0.25) is 0 Å². The number of hydrogen-bond acceptors (Lipinski definition) is 6. The van der Waals surface area contributed by atoms with Gasteiger partial charge in [-0.2, -0.15) is 0 Å². The van der Waals surface area contributed by atoms with E-state index in [2.05, 4.69) is 38.7 Å². The van der Waals surface area contributed by atoms with Crippen LogP contribution in [-0.2, 0) is 11.0 Å². The second-order valence-electron chi connectivity index (χ2n) is 12.6. The minimum atomic E-state index is -0.895. The summed E-state index contributed by atoms with van der Waals surface area (Å²) in [6, 6.07) is 37.6. The van der Waals surface area contributed by atoms with E-state index in [9.17, 15) is 15.0 Å². The second-order valence-corrected chi connectivity index (χ2v) is 12.6. The summed E-state index contributed by atoms with van der Waals surface area (Å²) in [7, 11) is 0. The average molecular weight is 632 g/mol. The standard InChI is InChI=1S/C38H37NO5.C3H8/c1-26-7-6-8-32(25-26)39(30-15-19-33(40)20-16-30)31-17-23-35(24-18-31)44-36(41)43-34-21-13-28(14-22-34)37(2,3)27-9-11-29(12-10-27)38(4,5)42;1-3-2/h6-25,40,42H,1-5H3;3H2,1-2H3. The minimum Gasteiger partial charge on any atom is -0.508 e. The summed E-state index contributed by atoms with van der Waals surface area (Å²) < 4.78 is 10.9. The minimum absolute atomic E-state index is 0.191. The summed E-state index contributed by atoms with van der Waals surface area (Å²) in [6.45, 7) is 14.1. The Balaban J connectivity index is 0.00000160. The van der Waals surface area contributed by atoms with Crippen LogP contribution in [0.3, 0.4) is 0 Å². The molecule has 0 aliphatic carbocycles. The molecule has 0 radical (unpaired) electrons. The summed E-state index contributed by atoms with van der Waals surface area (Å²) in [5.74, 6) is 0.915. The molecule has 0 aliphatic heterocycles. The summed E-state index contributed by atoms with van der Waals surface area (Å²) >= 11 is 0. The van der Waals surface area contributed by atoms with Gasteiger partial charge < -0.3 is 24.6 Å². The molecule has 6 nitrogen and oxygen atoms in total. The Labute approximate surface area is 278 Å². The zero-order chi connectivity index (χ0) is 34.2. The van der Waals surface area contributed by atoms with Crippen LogP contribution in [-0.4, -0.2) is 16.4 Å². The first-order valence-electron chi connectivity index (χ1n) is 15.9. The highest BCUT2D eigenvalue weighted by atomic mass is 16.7. The Morgan fingerprint density at radius 2 is 1.06 bits per heavy atom. The lowest BCUT2D eigenvalue weighted by molar-refractivity contribution is 0.0785. The number of ether oxygens (including phenoxy) is 2. The van der Waals surface area contributed by atoms with E-state index in [1.165, 1.54) is 6.42 Å². The van der Waals surface area contributed by atoms with Gasteiger partial charge in [-0.15, -0.1) is 0 Å². The van der Waals surface area contributed by atoms with Crippen molar-refractivity contribution in [1.29, 1.82) is 0 Å². The molecule has 5 aromatic rings. The van der Waals surface area contributed by atoms with E-state index >= 15 is 0 Å². The number of phenolic OH excluding ortho intramolecular Hbond substituents is 1. The molecule has 0 aromatic heterocycles. The third kappa shape index (κ3) is 9.02. The van der Waals surface area contributed by atoms with Gasteiger partial charge in [-0.25, -0.2) is 4.79 Å². The number of anilines is 3. The lowest BCUT2D eigenvalue weighted by atomic mass is 9.77. The number of carbonyl (C=O) groups excluding carboxylic acids is 1. The fourth-order valence-electron chi connectivity index (χ4n) is 5.09. The molecule has 0 bridgehead atoms. The van der Waals surface area contributed by atoms with E-state index in [1.54, 1.807) is 50.2 Å². The highest BCUT2D eigenvalue weighted by Crippen LogP contribution is 2.37. The molecule has 0 fully saturated rings. The fraction of sp³-hybridized carbons (Fsp3) is 0.244. The quantitative estimate of drug-likeness (QED) is 0.131. The first-order chi connectivity index (χ1) is 22.3. The van der Waals surface area contributed by atoms with Gasteiger partial charge in [-0.3, -0.25) is 0 Å². The number of phenols is 1. The van der Waals surface area contributed by atoms with Crippen molar-refractivity contribution in [3.8, 4) is 17.2 Å². The van der Waals surface area contributed by atoms with Crippen molar-refractivity contribution < 1.29 is 24.5 Å². The molecule has 0 atom stereocenters. The molecule has 0 aliphatic rings. The number of benzene rings is 5. The second kappa shape index (κ2) is 15.0. The van der Waals surface area contributed by atoms with Crippen molar-refractivity contribution in [2.75, 3.05) is 4.90 Å². The van der Waals surface area contributed by atoms with Crippen LogP contribution in [0.1, 0.15) is 70.2 Å². The van der Waals surface area contributed by atoms with E-state index in [4.69, 9.17) is 9.47 Å². The Morgan fingerprint density at radius 1 is 0.638 bits per heavy atom. The van der Waals surface area contributed by atoms with Gasteiger partial charge in [-0.1, -0.05) is 82.6 Å². The summed E-state index contributed by atoms with van der Waals surface area (Å²) in [6.07, 6.45) is 0.418. The number of hydrogen-bond donors (Lipinski definition) is 2. The summed E-state index contributed by atoms with van der Waals surface area (Å²) in [5, 5.41) is 20.1. The van der Waals surface area contributed by atoms with E-state index in [1.807, 2.05) is 85.8 Å². The van der Waals surface area contributed by atoms with E-state index < -0.39 is 11.8 Å². The van der Waals surface area contributed by atoms with Gasteiger partial charge >= 0.3 is 6.16 Å². The predicted molar refractivity (Wildman–Crippen MR) is 190 cm³/mol. The van der Waals surface area contributed by atoms with Gasteiger partial charge in [0, 0.05) is 22.5 Å². The lowest BCUT2D eigenvalue weighted by Crippen LogP contribution is -2.20. The third-order valence-corrected chi connectivity index (χ3v) is 7.75. The van der Waals surface area contributed by atoms with Crippen molar-refractivity contribution >= 4 is 23.2 Å². The molecule has 0 saturated carbocycles. The third-order valence-electron chi connectivity index (χ3n) is 7.75. The maximum Gasteiger partial charge on any atom is 0.519 e. The SMILES string of the molecule is CCC.Cc1cccc(N(c2ccc(O)cc2)c2ccc(OC(=O)Oc3ccc(C(C)(C)c4ccc(C(C)(C)O)cc4)cc3)cc2)c1. The number of nitrogens with zero attached hydrogens (tertiary/aromatic N) is 1. The largest absolute Gasteiger partial charge is 0.519 e. The van der Waals surface area contributed by atoms with E-state index in [-0.39, 0.29) is 11.2 Å². The first kappa shape index (κ1) is 34.8. The van der Waals surface area contributed by atoms with Gasteiger partial charge in [0.25, 0.3) is 0 Å². The van der Waals surface area contributed by atoms with Crippen LogP contribution in [0.5, 0.6) is 17.2 Å². The molecule has 5 rings (SSSR count). The monoisotopic (exact) mass is 631 g/mol. The van der Waals surface area contributed by atoms with Crippen molar-refractivity contribution in [1.82, 2.24) is 0 Å². The molecule has 0 saturated heterocycles. The van der Waals surface area contributed by atoms with Gasteiger partial charge in [0.05, 0.1) is 5.60 Å². The Bertz CT molecular complexity index is 1740. The maximum atomic E-state index is 12.6. The normalized spacial score (nSPS) is 11.2. The fourth-order valence-corrected chi connectivity index (χ4v) is 5.09. The molecule has 6 heteroatoms. The first-order valence-corrected chi connectivity index (χ1v) is 15.9. The number of rotatable bonds is 8. The van der Waals surface area contributed by atoms with Gasteiger partial charge in [0.1, 0.15) is 17.2 Å². The summed E-state index contributed by atoms with van der Waals surface area (Å²) in [4.78, 5) is 14.7. The lowest BCUT2D eigenvalue weighted by Gasteiger charge is -2.27. The molecular weight excluding hydrogens is 586 g/mol. The maximum absolute atomic E-state index is 12.6. The van der Waals surface area contributed by atoms with Crippen molar-refractivity contribution in [3.05, 3.63) is 144 Å². The Hall–Kier alpha value is -5.07. The molecule has 0 amide bonds. The van der Waals surface area contributed by atoms with Crippen LogP contribution in [0.4, 0.5) is 21.9 Å². The van der Waals surface area contributed by atoms with Crippen LogP contribution in [0.15, 0.2) is 121 Å². The zero-order valence-electron chi connectivity index (χ0n) is 28.3. The predicted octanol–water partition coefficient (Wildman–Crippen LogP) is 10.7. The molecule has 5 aromatic carbocycles. The van der Waals surface area contributed by atoms with Crippen LogP contribution >= 0.6 is 0 Å². The highest BCUT2D eigenvalue weighted by molar-refractivity contribution is 5.77. The van der Waals surface area contributed by atoms with Crippen molar-refractivity contribution in [3.63, 3.8) is 0 Å². The van der Waals surface area contributed by atoms with Crippen LogP contribution in [0.25, 0.3) is 0 Å². The Morgan fingerprint density at radius 3 is 1.53 bits per heavy atom. The van der Waals surface area contributed by atoms with E-state index in [0.29, 0.717) is 11.5 Å². The van der Waals surface area contributed by atoms with Gasteiger partial charge in [0.2, 0.25) is 0 Å². The summed E-state index contributed by atoms with van der Waals surface area (Å²) in [5.41, 5.74) is 5.63. The smallest absolute Gasteiger partial charge is 0.508 e. The Kier molecular flexibility index (Phi) is 11.1. The molecule has 0 unspecified atom stereocenters. The zero-order valence-corrected chi connectivity index (χ0v) is 28.3.